The highest BCUT2D eigenvalue weighted by Crippen LogP contribution is 3.02. The number of aromatic nitrogens is 1. The number of rotatable bonds is 4. The van der Waals surface area contributed by atoms with Gasteiger partial charge in [0.05, 0.1) is 11.7 Å². The van der Waals surface area contributed by atoms with Crippen LogP contribution in [0.4, 0.5) is 19.4 Å². The summed E-state index contributed by atoms with van der Waals surface area (Å²) in [6.07, 6.45) is 4.50. The smallest absolute Gasteiger partial charge is 0.310 e. The highest BCUT2D eigenvalue weighted by molar-refractivity contribution is 8.45. The third-order valence-electron chi connectivity index (χ3n) is 8.57. The van der Waals surface area contributed by atoms with E-state index in [1.165, 1.54) is 6.42 Å². The zero-order chi connectivity index (χ0) is 30.0. The van der Waals surface area contributed by atoms with E-state index in [-0.39, 0.29) is 11.3 Å². The lowest BCUT2D eigenvalue weighted by Crippen LogP contribution is -2.32. The average Bonchev–Trinajstić information content (AvgIpc) is 3.42. The minimum Gasteiger partial charge on any atom is -0.388 e. The number of ether oxygens (including phenoxy) is 1. The van der Waals surface area contributed by atoms with Crippen molar-refractivity contribution < 1.29 is 29.3 Å². The minimum atomic E-state index is -9.77. The Hall–Kier alpha value is -1.71. The number of hydrogen-bond donors (Lipinski definition) is 1. The van der Waals surface area contributed by atoms with Gasteiger partial charge in [-0.05, 0) is 66.2 Å². The number of nitrogens with zero attached hydrogens (tertiary/aromatic N) is 1. The molecule has 226 valence electrons. The fourth-order valence-electron chi connectivity index (χ4n) is 6.32. The molecule has 2 unspecified atom stereocenters. The number of fused-ring (bicyclic) bond motifs is 4. The molecule has 1 N–H and O–H groups in total. The lowest BCUT2D eigenvalue weighted by molar-refractivity contribution is -0.0580. The molecule has 1 aromatic carbocycles. The fraction of sp³-hybridized carbons (Fsp3) is 0.645. The van der Waals surface area contributed by atoms with E-state index in [9.17, 15) is 24.5 Å². The van der Waals surface area contributed by atoms with Gasteiger partial charge in [0.15, 0.2) is 0 Å². The summed E-state index contributed by atoms with van der Waals surface area (Å²) in [5.74, 6) is 0.887. The van der Waals surface area contributed by atoms with Crippen molar-refractivity contribution in [1.29, 1.82) is 0 Å². The summed E-state index contributed by atoms with van der Waals surface area (Å²) in [6.45, 7) is 14.9. The van der Waals surface area contributed by atoms with Crippen LogP contribution in [0.2, 0.25) is 0 Å². The number of benzene rings is 1. The summed E-state index contributed by atoms with van der Waals surface area (Å²) in [6, 6.07) is 3.10. The van der Waals surface area contributed by atoms with Gasteiger partial charge in [-0.2, -0.15) is 0 Å². The largest absolute Gasteiger partial charge is 0.388 e. The number of aliphatic hydroxyl groups excluding tert-OH is 1. The lowest BCUT2D eigenvalue weighted by Gasteiger charge is -2.40. The Balaban J connectivity index is 0.000000681. The maximum atomic E-state index is 13.3. The monoisotopic (exact) mass is 589 g/mol. The molecule has 40 heavy (non-hydrogen) atoms. The maximum Gasteiger partial charge on any atom is 0.310 e. The molecule has 0 saturated heterocycles. The van der Waals surface area contributed by atoms with Gasteiger partial charge in [-0.25, -0.2) is 0 Å². The van der Waals surface area contributed by atoms with Crippen molar-refractivity contribution in [2.24, 2.45) is 11.3 Å². The molecule has 1 saturated carbocycles. The molecule has 2 aliphatic carbocycles. The minimum absolute atomic E-state index is 0.00264. The molecule has 3 aliphatic rings. The van der Waals surface area contributed by atoms with Gasteiger partial charge in [0.1, 0.15) is 11.0 Å². The molecule has 1 fully saturated rings. The van der Waals surface area contributed by atoms with E-state index in [2.05, 4.69) is 34.6 Å². The summed E-state index contributed by atoms with van der Waals surface area (Å²) >= 11 is 0. The Kier molecular flexibility index (Phi) is 7.54. The Bertz CT molecular complexity index is 1250. The molecular weight excluding hydrogens is 545 g/mol. The first kappa shape index (κ1) is 31.2. The first-order valence-corrected chi connectivity index (χ1v) is 16.4. The summed E-state index contributed by atoms with van der Waals surface area (Å²) < 4.78 is 73.3. The first-order chi connectivity index (χ1) is 18.2. The molecule has 1 aliphatic heterocycles. The van der Waals surface area contributed by atoms with Crippen molar-refractivity contribution in [2.45, 2.75) is 122 Å². The number of halogens is 5. The summed E-state index contributed by atoms with van der Waals surface area (Å²) in [7, 11) is -9.77. The fourth-order valence-corrected chi connectivity index (χ4v) is 6.97. The average molecular weight is 590 g/mol. The predicted octanol–water partition coefficient (Wildman–Crippen LogP) is 10.8. The van der Waals surface area contributed by atoms with Gasteiger partial charge < -0.3 is 9.84 Å². The second-order valence-corrected chi connectivity index (χ2v) is 15.8. The molecule has 2 atom stereocenters. The molecule has 2 heterocycles. The first-order valence-electron chi connectivity index (χ1n) is 14.4. The Morgan fingerprint density at radius 1 is 0.975 bits per heavy atom. The molecule has 0 bridgehead atoms. The van der Waals surface area contributed by atoms with Crippen molar-refractivity contribution in [2.75, 3.05) is 0 Å². The van der Waals surface area contributed by atoms with Crippen LogP contribution in [-0.4, -0.2) is 10.1 Å². The standard InChI is InChI=1S/C26H32F5NO2S.C5H12/c1-15(2)23-21-22(20-18(32-23)13-25(3,4)14-19(20)33)26(11-5-6-12-26)34-24(21)16-7-9-17(10-8-16)35(27,28,29,30)31;1-4-5(2)3/h7-10,15,19,24,33H,5-6,11-14H2,1-4H3;5H,4H2,1-3H3. The quantitative estimate of drug-likeness (QED) is 0.361. The molecule has 5 rings (SSSR count). The van der Waals surface area contributed by atoms with Crippen LogP contribution >= 0.6 is 10.2 Å². The van der Waals surface area contributed by atoms with Gasteiger partial charge in [-0.15, -0.1) is 0 Å². The van der Waals surface area contributed by atoms with Crippen molar-refractivity contribution in [1.82, 2.24) is 4.98 Å². The van der Waals surface area contributed by atoms with E-state index in [1.54, 1.807) is 0 Å². The normalized spacial score (nSPS) is 24.8. The molecule has 2 aromatic rings. The zero-order valence-corrected chi connectivity index (χ0v) is 25.5. The van der Waals surface area contributed by atoms with E-state index in [0.29, 0.717) is 30.5 Å². The summed E-state index contributed by atoms with van der Waals surface area (Å²) in [5, 5.41) is 11.3. The molecule has 0 amide bonds. The second-order valence-electron chi connectivity index (χ2n) is 13.4. The van der Waals surface area contributed by atoms with E-state index in [0.717, 1.165) is 71.8 Å². The number of hydrogen-bond acceptors (Lipinski definition) is 3. The van der Waals surface area contributed by atoms with Crippen LogP contribution in [0.5, 0.6) is 0 Å². The number of aliphatic hydroxyl groups is 1. The van der Waals surface area contributed by atoms with Crippen LogP contribution in [0.3, 0.4) is 0 Å². The van der Waals surface area contributed by atoms with Crippen molar-refractivity contribution >= 4 is 10.2 Å². The van der Waals surface area contributed by atoms with Crippen LogP contribution in [0.1, 0.15) is 139 Å². The van der Waals surface area contributed by atoms with Crippen molar-refractivity contribution in [3.8, 4) is 0 Å². The molecule has 0 radical (unpaired) electrons. The van der Waals surface area contributed by atoms with E-state index in [4.69, 9.17) is 9.72 Å². The second kappa shape index (κ2) is 9.66. The highest BCUT2D eigenvalue weighted by Gasteiger charge is 2.65. The molecule has 1 spiro atoms. The Morgan fingerprint density at radius 3 is 2.00 bits per heavy atom. The van der Waals surface area contributed by atoms with E-state index < -0.39 is 32.9 Å². The summed E-state index contributed by atoms with van der Waals surface area (Å²) in [4.78, 5) is 3.10. The SMILES string of the molecule is CC(C)c1nc2c(c3c1C(c1ccc(S(F)(F)(F)(F)F)cc1)OC31CCCC1)C(O)CC(C)(C)C2.CCC(C)C. The zero-order valence-electron chi connectivity index (χ0n) is 24.7. The van der Waals surface area contributed by atoms with Gasteiger partial charge in [0.25, 0.3) is 0 Å². The van der Waals surface area contributed by atoms with Crippen LogP contribution in [-0.2, 0) is 16.8 Å². The van der Waals surface area contributed by atoms with Gasteiger partial charge >= 0.3 is 10.2 Å². The molecular formula is C31H44F5NO2S. The topological polar surface area (TPSA) is 42.4 Å². The van der Waals surface area contributed by atoms with Crippen LogP contribution in [0.25, 0.3) is 0 Å². The van der Waals surface area contributed by atoms with Crippen LogP contribution in [0, 0.1) is 11.3 Å². The van der Waals surface area contributed by atoms with Gasteiger partial charge in [-0.3, -0.25) is 4.98 Å². The van der Waals surface area contributed by atoms with Gasteiger partial charge in [0.2, 0.25) is 0 Å². The third kappa shape index (κ3) is 6.07. The van der Waals surface area contributed by atoms with E-state index >= 15 is 0 Å². The summed E-state index contributed by atoms with van der Waals surface area (Å²) in [5.41, 5.74) is 3.81. The Morgan fingerprint density at radius 2 is 1.52 bits per heavy atom. The van der Waals surface area contributed by atoms with Crippen LogP contribution < -0.4 is 0 Å². The van der Waals surface area contributed by atoms with E-state index in [1.807, 2.05) is 13.8 Å². The Labute approximate surface area is 235 Å². The lowest BCUT2D eigenvalue weighted by atomic mass is 9.70. The number of pyridine rings is 1. The molecule has 3 nitrogen and oxygen atoms in total. The third-order valence-corrected chi connectivity index (χ3v) is 9.73. The van der Waals surface area contributed by atoms with Gasteiger partial charge in [-0.1, -0.05) is 99.3 Å². The van der Waals surface area contributed by atoms with Crippen LogP contribution in [0.15, 0.2) is 29.2 Å². The predicted molar refractivity (Wildman–Crippen MR) is 151 cm³/mol. The molecule has 9 heteroatoms. The highest BCUT2D eigenvalue weighted by atomic mass is 32.5. The maximum absolute atomic E-state index is 13.3. The van der Waals surface area contributed by atoms with Gasteiger partial charge in [0, 0.05) is 22.5 Å². The molecule has 1 aromatic heterocycles. The van der Waals surface area contributed by atoms with Crippen molar-refractivity contribution in [3.05, 3.63) is 57.9 Å². The van der Waals surface area contributed by atoms with Crippen molar-refractivity contribution in [3.63, 3.8) is 0 Å².